The molecule has 0 atom stereocenters. The van der Waals surface area contributed by atoms with Gasteiger partial charge in [-0.3, -0.25) is 0 Å². The first-order chi connectivity index (χ1) is 3.00. The molecule has 0 aromatic heterocycles. The molecule has 0 aliphatic rings. The summed E-state index contributed by atoms with van der Waals surface area (Å²) in [5.74, 6) is 0. The molecule has 0 saturated carbocycles. The van der Waals surface area contributed by atoms with Gasteiger partial charge in [0.15, 0.2) is 0 Å². The van der Waals surface area contributed by atoms with Crippen molar-refractivity contribution in [3.63, 3.8) is 0 Å². The van der Waals surface area contributed by atoms with Crippen molar-refractivity contribution in [1.29, 1.82) is 0 Å². The van der Waals surface area contributed by atoms with Crippen molar-refractivity contribution < 1.29 is 17.0 Å². The van der Waals surface area contributed by atoms with E-state index in [2.05, 4.69) is 6.07 Å². The van der Waals surface area contributed by atoms with E-state index >= 15 is 0 Å². The van der Waals surface area contributed by atoms with Crippen LogP contribution in [0.15, 0.2) is 30.3 Å². The predicted molar refractivity (Wildman–Crippen MR) is 31.0 cm³/mol. The molecule has 0 N–H and O–H groups in total. The second kappa shape index (κ2) is 7.47. The average Bonchev–Trinajstić information content (AvgIpc) is 1.72. The molecule has 1 rings (SSSR count). The molecule has 0 bridgehead atoms. The SMILES string of the molecule is [14c-]1[14cH][14cH][14cH][14cH][14cH]1.[Br-].[Mg+2]. The van der Waals surface area contributed by atoms with E-state index in [1.807, 2.05) is 30.3 Å². The quantitative estimate of drug-likeness (QED) is 0.334. The van der Waals surface area contributed by atoms with Crippen LogP contribution in [0, 0.1) is 6.07 Å². The molecule has 0 aliphatic carbocycles. The second-order valence-corrected chi connectivity index (χ2v) is 1.08. The van der Waals surface area contributed by atoms with E-state index in [1.165, 1.54) is 0 Å². The number of hydrogen-bond acceptors (Lipinski definition) is 0. The van der Waals surface area contributed by atoms with Crippen LogP contribution in [0.5, 0.6) is 0 Å². The fourth-order valence-electron chi connectivity index (χ4n) is 0.342. The number of halogens is 1. The first-order valence-electron chi connectivity index (χ1n) is 1.91. The van der Waals surface area contributed by atoms with Crippen molar-refractivity contribution in [3.8, 4) is 0 Å². The molecule has 0 nitrogen and oxygen atoms in total. The molecule has 0 fully saturated rings. The van der Waals surface area contributed by atoms with Gasteiger partial charge in [-0.25, -0.2) is 0 Å². The van der Waals surface area contributed by atoms with Gasteiger partial charge in [-0.15, -0.1) is 0 Å². The zero-order valence-electron chi connectivity index (χ0n) is 4.47. The number of hydrogen-bond donors (Lipinski definition) is 0. The minimum absolute atomic E-state index is 0. The first-order valence-corrected chi connectivity index (χ1v) is 1.91. The van der Waals surface area contributed by atoms with Crippen molar-refractivity contribution in [1.82, 2.24) is 0 Å². The Morgan fingerprint density at radius 3 is 1.50 bits per heavy atom. The van der Waals surface area contributed by atoms with E-state index in [0.717, 1.165) is 0 Å². The van der Waals surface area contributed by atoms with E-state index in [0.29, 0.717) is 0 Å². The maximum absolute atomic E-state index is 2.89. The summed E-state index contributed by atoms with van der Waals surface area (Å²) in [6.07, 6.45) is 0. The van der Waals surface area contributed by atoms with E-state index in [9.17, 15) is 0 Å². The van der Waals surface area contributed by atoms with Gasteiger partial charge in [0, 0.05) is 0 Å². The summed E-state index contributed by atoms with van der Waals surface area (Å²) in [4.78, 5) is 0. The van der Waals surface area contributed by atoms with E-state index in [-0.39, 0.29) is 40.0 Å². The molecule has 0 aliphatic heterocycles. The standard InChI is InChI=1S/C6H5.BrH.Mg/c1-2-4-6-5-3-1;;/h1-5H;1H;/q-1;;+2/p-1/i1+2,2+2,3+2,4+2,5+2,6+2;;. The van der Waals surface area contributed by atoms with Gasteiger partial charge < -0.3 is 17.0 Å². The third kappa shape index (κ3) is 4.62. The molecule has 8 heavy (non-hydrogen) atoms. The van der Waals surface area contributed by atoms with Gasteiger partial charge in [-0.2, -0.15) is 36.4 Å². The van der Waals surface area contributed by atoms with Crippen LogP contribution in [-0.4, -0.2) is 23.1 Å². The number of rotatable bonds is 0. The Kier molecular flexibility index (Phi) is 10.5. The third-order valence-electron chi connectivity index (χ3n) is 0.607. The van der Waals surface area contributed by atoms with Gasteiger partial charge in [0.25, 0.3) is 0 Å². The molecular formula is C6H5BrMg. The van der Waals surface area contributed by atoms with Crippen molar-refractivity contribution in [2.24, 2.45) is 0 Å². The zero-order valence-corrected chi connectivity index (χ0v) is 7.47. The van der Waals surface area contributed by atoms with Gasteiger partial charge in [0.2, 0.25) is 0 Å². The van der Waals surface area contributed by atoms with Crippen LogP contribution in [-0.2, 0) is 0 Å². The average molecular weight is 193 g/mol. The van der Waals surface area contributed by atoms with Crippen LogP contribution in [0.1, 0.15) is 0 Å². The van der Waals surface area contributed by atoms with E-state index in [1.54, 1.807) is 0 Å². The van der Waals surface area contributed by atoms with Gasteiger partial charge in [0.05, 0.1) is 0 Å². The Morgan fingerprint density at radius 1 is 0.875 bits per heavy atom. The fourth-order valence-corrected chi connectivity index (χ4v) is 0.342. The fraction of sp³-hybridized carbons (Fsp3) is 0. The smallest absolute Gasteiger partial charge is 1.00 e. The third-order valence-corrected chi connectivity index (χ3v) is 0.607. The molecule has 0 heterocycles. The molecule has 0 saturated heterocycles. The summed E-state index contributed by atoms with van der Waals surface area (Å²) in [6, 6.07) is 12.5. The molecule has 1 aromatic carbocycles. The minimum Gasteiger partial charge on any atom is -1.00 e. The van der Waals surface area contributed by atoms with Crippen molar-refractivity contribution in [3.05, 3.63) is 36.4 Å². The normalized spacial score (nSPS) is 6.00. The molecule has 0 spiro atoms. The van der Waals surface area contributed by atoms with Crippen LogP contribution in [0.25, 0.3) is 0 Å². The monoisotopic (exact) mass is 192 g/mol. The van der Waals surface area contributed by atoms with Gasteiger partial charge >= 0.3 is 23.1 Å². The van der Waals surface area contributed by atoms with E-state index < -0.39 is 0 Å². The topological polar surface area (TPSA) is 0 Å². The van der Waals surface area contributed by atoms with E-state index in [4.69, 9.17) is 0 Å². The van der Waals surface area contributed by atoms with Crippen LogP contribution in [0.4, 0.5) is 0 Å². The van der Waals surface area contributed by atoms with Crippen LogP contribution < -0.4 is 17.0 Å². The maximum atomic E-state index is 2.89. The van der Waals surface area contributed by atoms with Crippen LogP contribution in [0.3, 0.4) is 0 Å². The Morgan fingerprint density at radius 2 is 1.38 bits per heavy atom. The van der Waals surface area contributed by atoms with Crippen LogP contribution in [0.2, 0.25) is 0 Å². The Labute approximate surface area is 76.2 Å². The summed E-state index contributed by atoms with van der Waals surface area (Å²) >= 11 is 0. The van der Waals surface area contributed by atoms with Gasteiger partial charge in [-0.1, -0.05) is 0 Å². The molecule has 2 heteroatoms. The van der Waals surface area contributed by atoms with Gasteiger partial charge in [-0.05, 0) is 0 Å². The Balaban J connectivity index is 0. The Bertz CT molecular complexity index is 80.5. The van der Waals surface area contributed by atoms with Crippen molar-refractivity contribution in [2.45, 2.75) is 0 Å². The maximum Gasteiger partial charge on any atom is 2.00 e. The summed E-state index contributed by atoms with van der Waals surface area (Å²) in [6.45, 7) is 0. The summed E-state index contributed by atoms with van der Waals surface area (Å²) in [7, 11) is 0. The molecular weight excluding hydrogens is 188 g/mol. The Hall–Kier alpha value is 0.466. The largest absolute Gasteiger partial charge is 2.00 e. The predicted octanol–water partition coefficient (Wildman–Crippen LogP) is -1.89. The van der Waals surface area contributed by atoms with Crippen molar-refractivity contribution in [2.75, 3.05) is 0 Å². The summed E-state index contributed by atoms with van der Waals surface area (Å²) in [5.41, 5.74) is 0. The van der Waals surface area contributed by atoms with Crippen molar-refractivity contribution >= 4 is 23.1 Å². The second-order valence-electron chi connectivity index (χ2n) is 1.08. The zero-order chi connectivity index (χ0) is 4.24. The first kappa shape index (κ1) is 11.3. The van der Waals surface area contributed by atoms with Crippen LogP contribution >= 0.6 is 0 Å². The summed E-state index contributed by atoms with van der Waals surface area (Å²) in [5, 5.41) is 0. The molecule has 1 aromatic rings. The minimum atomic E-state index is 0. The van der Waals surface area contributed by atoms with Gasteiger partial charge in [0.1, 0.15) is 0 Å². The molecule has 38 valence electrons. The molecule has 0 amide bonds. The summed E-state index contributed by atoms with van der Waals surface area (Å²) < 4.78 is 0. The molecule has 0 unspecified atom stereocenters. The molecule has 0 radical (unpaired) electrons. The number of benzene rings is 1.